The molecule has 5 nitrogen and oxygen atoms in total. The van der Waals surface area contributed by atoms with E-state index in [1.807, 2.05) is 64.1 Å². The molecule has 0 N–H and O–H groups in total. The maximum absolute atomic E-state index is 9.10. The van der Waals surface area contributed by atoms with Gasteiger partial charge in [-0.25, -0.2) is 15.0 Å². The molecule has 0 saturated carbocycles. The van der Waals surface area contributed by atoms with E-state index in [1.165, 1.54) is 0 Å². The van der Waals surface area contributed by atoms with Gasteiger partial charge in [0.25, 0.3) is 0 Å². The van der Waals surface area contributed by atoms with E-state index in [0.29, 0.717) is 17.2 Å². The maximum Gasteiger partial charge on any atom is 0.179 e. The van der Waals surface area contributed by atoms with Crippen LogP contribution in [0, 0.1) is 11.3 Å². The Morgan fingerprint density at radius 2 is 1.71 bits per heavy atom. The fraction of sp³-hybridized carbons (Fsp3) is 0.217. The molecule has 1 aromatic carbocycles. The van der Waals surface area contributed by atoms with Crippen molar-refractivity contribution in [3.05, 3.63) is 58.7 Å². The monoisotopic (exact) mass is 372 g/mol. The summed E-state index contributed by atoms with van der Waals surface area (Å²) in [5, 5.41) is 10.9. The van der Waals surface area contributed by atoms with Gasteiger partial charge in [-0.05, 0) is 38.1 Å². The molecule has 0 unspecified atom stereocenters. The van der Waals surface area contributed by atoms with Crippen LogP contribution < -0.4 is 15.3 Å². The van der Waals surface area contributed by atoms with Gasteiger partial charge in [-0.15, -0.1) is 0 Å². The number of benzene rings is 1. The lowest BCUT2D eigenvalue weighted by Crippen LogP contribution is -2.31. The van der Waals surface area contributed by atoms with Crippen LogP contribution in [0.3, 0.4) is 0 Å². The number of aromatic nitrogens is 3. The highest BCUT2D eigenvalue weighted by atomic mass is 16.5. The van der Waals surface area contributed by atoms with E-state index >= 15 is 0 Å². The van der Waals surface area contributed by atoms with E-state index in [1.54, 1.807) is 25.3 Å². The molecule has 2 aromatic heterocycles. The lowest BCUT2D eigenvalue weighted by Gasteiger charge is -2.08. The van der Waals surface area contributed by atoms with Crippen molar-refractivity contribution in [2.24, 2.45) is 0 Å². The van der Waals surface area contributed by atoms with E-state index in [-0.39, 0.29) is 0 Å². The van der Waals surface area contributed by atoms with E-state index < -0.39 is 0 Å². The predicted molar refractivity (Wildman–Crippen MR) is 113 cm³/mol. The van der Waals surface area contributed by atoms with Crippen LogP contribution in [0.1, 0.15) is 33.4 Å². The third-order valence-corrected chi connectivity index (χ3v) is 3.97. The summed E-state index contributed by atoms with van der Waals surface area (Å²) in [7, 11) is 1.64. The van der Waals surface area contributed by atoms with Crippen molar-refractivity contribution in [2.45, 2.75) is 27.7 Å². The third kappa shape index (κ3) is 4.41. The molecule has 0 bridgehead atoms. The number of nitriles is 1. The lowest BCUT2D eigenvalue weighted by atomic mass is 10.1. The topological polar surface area (TPSA) is 71.7 Å². The zero-order chi connectivity index (χ0) is 20.5. The normalized spacial score (nSPS) is 11.4. The van der Waals surface area contributed by atoms with Crippen molar-refractivity contribution in [3.63, 3.8) is 0 Å². The average Bonchev–Trinajstić information content (AvgIpc) is 2.79. The molecule has 0 spiro atoms. The van der Waals surface area contributed by atoms with Gasteiger partial charge in [0.2, 0.25) is 0 Å². The number of hydrogen-bond donors (Lipinski definition) is 0. The smallest absolute Gasteiger partial charge is 0.179 e. The average molecular weight is 372 g/mol. The zero-order valence-electron chi connectivity index (χ0n) is 16.9. The molecule has 142 valence electrons. The van der Waals surface area contributed by atoms with Crippen LogP contribution in [0.25, 0.3) is 34.9 Å². The lowest BCUT2D eigenvalue weighted by molar-refractivity contribution is 0.415. The van der Waals surface area contributed by atoms with E-state index in [9.17, 15) is 0 Å². The first-order valence-corrected chi connectivity index (χ1v) is 9.23. The Balaban J connectivity index is 0.00000136. The first kappa shape index (κ1) is 20.8. The van der Waals surface area contributed by atoms with Gasteiger partial charge in [0.15, 0.2) is 5.82 Å². The molecule has 0 aliphatic rings. The van der Waals surface area contributed by atoms with Crippen LogP contribution in [0.5, 0.6) is 5.75 Å². The Morgan fingerprint density at radius 3 is 2.36 bits per heavy atom. The highest BCUT2D eigenvalue weighted by molar-refractivity contribution is 5.65. The first-order valence-electron chi connectivity index (χ1n) is 9.23. The molecule has 0 fully saturated rings. The predicted octanol–water partition coefficient (Wildman–Crippen LogP) is 3.71. The molecule has 2 heterocycles. The van der Waals surface area contributed by atoms with Gasteiger partial charge in [0.1, 0.15) is 23.2 Å². The van der Waals surface area contributed by atoms with Gasteiger partial charge in [0, 0.05) is 10.8 Å². The molecule has 0 aliphatic heterocycles. The van der Waals surface area contributed by atoms with E-state index in [0.717, 1.165) is 27.6 Å². The highest BCUT2D eigenvalue weighted by Crippen LogP contribution is 2.21. The van der Waals surface area contributed by atoms with Crippen molar-refractivity contribution in [2.75, 3.05) is 7.11 Å². The SMILES string of the molecule is C/C=c1/c(-c2cccc(OC)c2)nc(-c2cccc(C#N)n2)n/c1=C/C.CC. The second-order valence-corrected chi connectivity index (χ2v) is 5.52. The minimum Gasteiger partial charge on any atom is -0.497 e. The summed E-state index contributed by atoms with van der Waals surface area (Å²) >= 11 is 0. The second-order valence-electron chi connectivity index (χ2n) is 5.52. The summed E-state index contributed by atoms with van der Waals surface area (Å²) in [6, 6.07) is 15.1. The van der Waals surface area contributed by atoms with Crippen LogP contribution in [-0.2, 0) is 0 Å². The number of nitrogens with zero attached hydrogens (tertiary/aromatic N) is 4. The summed E-state index contributed by atoms with van der Waals surface area (Å²) in [4.78, 5) is 13.7. The Hall–Kier alpha value is -3.52. The number of methoxy groups -OCH3 is 1. The first-order chi connectivity index (χ1) is 13.7. The Bertz CT molecular complexity index is 1110. The molecule has 3 rings (SSSR count). The Labute approximate surface area is 165 Å². The molecule has 0 radical (unpaired) electrons. The fourth-order valence-electron chi connectivity index (χ4n) is 2.72. The van der Waals surface area contributed by atoms with Crippen LogP contribution in [0.4, 0.5) is 0 Å². The summed E-state index contributed by atoms with van der Waals surface area (Å²) in [5.74, 6) is 1.25. The number of ether oxygens (including phenoxy) is 1. The van der Waals surface area contributed by atoms with E-state index in [4.69, 9.17) is 15.0 Å². The quantitative estimate of drug-likeness (QED) is 0.701. The standard InChI is InChI=1S/C21H18N4O.C2H6/c1-4-17-18(5-2)24-21(19-11-7-9-15(13-22)23-19)25-20(17)14-8-6-10-16(12-14)26-3;1-2/h4-12H,1-3H3;1-2H3/b17-4+,18-5+;. The van der Waals surface area contributed by atoms with Gasteiger partial charge >= 0.3 is 0 Å². The third-order valence-electron chi connectivity index (χ3n) is 3.97. The van der Waals surface area contributed by atoms with Gasteiger partial charge in [-0.1, -0.05) is 44.2 Å². The zero-order valence-corrected chi connectivity index (χ0v) is 16.9. The van der Waals surface area contributed by atoms with Crippen molar-refractivity contribution in [1.82, 2.24) is 15.0 Å². The van der Waals surface area contributed by atoms with Crippen molar-refractivity contribution < 1.29 is 4.74 Å². The summed E-state index contributed by atoms with van der Waals surface area (Å²) in [5.41, 5.74) is 2.63. The molecule has 3 aromatic rings. The van der Waals surface area contributed by atoms with Crippen molar-refractivity contribution in [1.29, 1.82) is 5.26 Å². The molecule has 0 saturated heterocycles. The second kappa shape index (κ2) is 9.98. The minimum absolute atomic E-state index is 0.335. The van der Waals surface area contributed by atoms with E-state index in [2.05, 4.69) is 16.0 Å². The van der Waals surface area contributed by atoms with Crippen molar-refractivity contribution in [3.8, 4) is 34.6 Å². The molecule has 0 amide bonds. The molecule has 5 heteroatoms. The molecule has 0 aliphatic carbocycles. The Kier molecular flexibility index (Phi) is 7.41. The van der Waals surface area contributed by atoms with Gasteiger partial charge < -0.3 is 4.74 Å². The maximum atomic E-state index is 9.10. The van der Waals surface area contributed by atoms with Crippen LogP contribution in [0.2, 0.25) is 0 Å². The molecular weight excluding hydrogens is 348 g/mol. The van der Waals surface area contributed by atoms with Crippen LogP contribution in [-0.4, -0.2) is 22.1 Å². The summed E-state index contributed by atoms with van der Waals surface area (Å²) in [6.07, 6.45) is 3.94. The summed E-state index contributed by atoms with van der Waals surface area (Å²) < 4.78 is 5.34. The highest BCUT2D eigenvalue weighted by Gasteiger charge is 2.11. The van der Waals surface area contributed by atoms with Gasteiger partial charge in [-0.2, -0.15) is 5.26 Å². The largest absolute Gasteiger partial charge is 0.497 e. The summed E-state index contributed by atoms with van der Waals surface area (Å²) in [6.45, 7) is 7.90. The van der Waals surface area contributed by atoms with Crippen LogP contribution >= 0.6 is 0 Å². The van der Waals surface area contributed by atoms with Gasteiger partial charge in [-0.3, -0.25) is 0 Å². The number of pyridine rings is 1. The molecular formula is C23H24N4O. The minimum atomic E-state index is 0.335. The van der Waals surface area contributed by atoms with Crippen LogP contribution in [0.15, 0.2) is 42.5 Å². The van der Waals surface area contributed by atoms with Gasteiger partial charge in [0.05, 0.1) is 18.2 Å². The Morgan fingerprint density at radius 1 is 0.964 bits per heavy atom. The molecule has 0 atom stereocenters. The fourth-order valence-corrected chi connectivity index (χ4v) is 2.72. The number of hydrogen-bond acceptors (Lipinski definition) is 5. The number of rotatable bonds is 3. The van der Waals surface area contributed by atoms with Crippen molar-refractivity contribution >= 4 is 12.2 Å². The molecule has 28 heavy (non-hydrogen) atoms.